The van der Waals surface area contributed by atoms with E-state index in [1.54, 1.807) is 0 Å². The molecule has 0 aliphatic heterocycles. The van der Waals surface area contributed by atoms with Crippen LogP contribution in [-0.2, 0) is 0 Å². The molecule has 0 fully saturated rings. The van der Waals surface area contributed by atoms with Gasteiger partial charge in [-0.05, 0) is 0 Å². The Morgan fingerprint density at radius 1 is 1.50 bits per heavy atom. The van der Waals surface area contributed by atoms with E-state index >= 15 is 0 Å². The van der Waals surface area contributed by atoms with Gasteiger partial charge in [0, 0.05) is 0 Å². The molecule has 0 radical (unpaired) electrons. The van der Waals surface area contributed by atoms with Crippen molar-refractivity contribution in [2.45, 2.75) is 4.59 Å². The van der Waals surface area contributed by atoms with Crippen molar-refractivity contribution in [3.05, 3.63) is 0 Å². The van der Waals surface area contributed by atoms with Crippen LogP contribution in [0.25, 0.3) is 0 Å². The largest absolute Gasteiger partial charge is 0.329 e. The monoisotopic (exact) mass is 165 g/mol. The third-order valence-corrected chi connectivity index (χ3v) is 0.620. The molecule has 0 heterocycles. The van der Waals surface area contributed by atoms with E-state index in [2.05, 4.69) is 23.2 Å². The van der Waals surface area contributed by atoms with Gasteiger partial charge in [-0.2, -0.15) is 8.78 Å². The Morgan fingerprint density at radius 3 is 1.88 bits per heavy atom. The average molecular weight is 166 g/mol. The first-order valence-corrected chi connectivity index (χ1v) is 2.15. The standard InChI is InChI=1S/C2Cl2F3N/c3-2(4,6)1(5)8-7. The van der Waals surface area contributed by atoms with Crippen LogP contribution in [0, 0.1) is 0 Å². The van der Waals surface area contributed by atoms with E-state index < -0.39 is 10.6 Å². The maximum atomic E-state index is 11.6. The third-order valence-electron chi connectivity index (χ3n) is 0.308. The quantitative estimate of drug-likeness (QED) is 0.418. The number of alkyl halides is 3. The molecule has 6 heteroatoms. The lowest BCUT2D eigenvalue weighted by atomic mass is 10.8. The minimum Gasteiger partial charge on any atom is -0.198 e. The fourth-order valence-corrected chi connectivity index (χ4v) is 0.112. The van der Waals surface area contributed by atoms with Gasteiger partial charge < -0.3 is 0 Å². The SMILES string of the molecule is FN=C(F)C(F)(Cl)Cl. The molecule has 0 saturated heterocycles. The number of nitrogens with zero attached hydrogens (tertiary/aromatic N) is 1. The molecule has 0 N–H and O–H groups in total. The zero-order valence-corrected chi connectivity index (χ0v) is 4.85. The Labute approximate surface area is 53.0 Å². The van der Waals surface area contributed by atoms with E-state index in [1.807, 2.05) is 0 Å². The second-order valence-electron chi connectivity index (χ2n) is 0.873. The minimum atomic E-state index is -3.34. The molecule has 0 aromatic carbocycles. The van der Waals surface area contributed by atoms with Gasteiger partial charge in [0.05, 0.1) is 0 Å². The second kappa shape index (κ2) is 2.55. The molecule has 0 aliphatic carbocycles. The summed E-state index contributed by atoms with van der Waals surface area (Å²) < 4.78 is 30.3. The summed E-state index contributed by atoms with van der Waals surface area (Å²) in [6.07, 6.45) is 0. The van der Waals surface area contributed by atoms with Crippen LogP contribution >= 0.6 is 23.2 Å². The van der Waals surface area contributed by atoms with Gasteiger partial charge >= 0.3 is 4.59 Å². The zero-order valence-electron chi connectivity index (χ0n) is 3.34. The molecule has 0 saturated carbocycles. The molecule has 0 amide bonds. The molecule has 1 nitrogen and oxygen atoms in total. The van der Waals surface area contributed by atoms with Crippen LogP contribution in [0.2, 0.25) is 0 Å². The third kappa shape index (κ3) is 2.37. The first-order chi connectivity index (χ1) is 3.48. The van der Waals surface area contributed by atoms with Crippen LogP contribution in [-0.4, -0.2) is 10.6 Å². The molecule has 0 unspecified atom stereocenters. The summed E-state index contributed by atoms with van der Waals surface area (Å²) in [6.45, 7) is 0. The van der Waals surface area contributed by atoms with Crippen molar-refractivity contribution in [1.82, 2.24) is 0 Å². The molecular formula is C2Cl2F3N. The Bertz CT molecular complexity index is 106. The predicted molar refractivity (Wildman–Crippen MR) is 25.2 cm³/mol. The van der Waals surface area contributed by atoms with Crippen molar-refractivity contribution < 1.29 is 13.3 Å². The summed E-state index contributed by atoms with van der Waals surface area (Å²) >= 11 is 8.67. The van der Waals surface area contributed by atoms with Crippen LogP contribution < -0.4 is 0 Å². The Balaban J connectivity index is 4.03. The first kappa shape index (κ1) is 8.04. The topological polar surface area (TPSA) is 12.4 Å². The normalized spacial score (nSPS) is 14.4. The smallest absolute Gasteiger partial charge is 0.198 e. The molecule has 0 aliphatic rings. The van der Waals surface area contributed by atoms with Crippen LogP contribution in [0.4, 0.5) is 13.3 Å². The molecule has 48 valence electrons. The molecule has 0 bridgehead atoms. The molecule has 0 aromatic rings. The zero-order chi connectivity index (χ0) is 6.78. The molecule has 0 spiro atoms. The second-order valence-corrected chi connectivity index (χ2v) is 2.11. The van der Waals surface area contributed by atoms with Crippen molar-refractivity contribution in [1.29, 1.82) is 0 Å². The van der Waals surface area contributed by atoms with Crippen LogP contribution in [0.3, 0.4) is 0 Å². The van der Waals surface area contributed by atoms with Crippen molar-refractivity contribution in [2.75, 3.05) is 0 Å². The molecule has 0 aromatic heterocycles. The number of hydrogen-bond acceptors (Lipinski definition) is 1. The average Bonchev–Trinajstić information content (AvgIpc) is 1.62. The highest BCUT2D eigenvalue weighted by atomic mass is 35.5. The summed E-state index contributed by atoms with van der Waals surface area (Å²) in [4.78, 5) is 0. The van der Waals surface area contributed by atoms with Crippen molar-refractivity contribution in [3.8, 4) is 0 Å². The van der Waals surface area contributed by atoms with Gasteiger partial charge in [-0.25, -0.2) is 0 Å². The summed E-state index contributed by atoms with van der Waals surface area (Å²) in [6, 6.07) is 0. The van der Waals surface area contributed by atoms with Gasteiger partial charge in [-0.3, -0.25) is 0 Å². The van der Waals surface area contributed by atoms with Gasteiger partial charge in [0.1, 0.15) is 0 Å². The summed E-state index contributed by atoms with van der Waals surface area (Å²) in [7, 11) is 0. The van der Waals surface area contributed by atoms with Gasteiger partial charge in [0.2, 0.25) is 0 Å². The van der Waals surface area contributed by atoms with Crippen molar-refractivity contribution >= 4 is 29.2 Å². The maximum absolute atomic E-state index is 11.6. The lowest BCUT2D eigenvalue weighted by molar-refractivity contribution is 0.429. The summed E-state index contributed by atoms with van der Waals surface area (Å²) in [5, 5.41) is 1.27. The fourth-order valence-electron chi connectivity index (χ4n) is 0.0479. The van der Waals surface area contributed by atoms with E-state index in [0.717, 1.165) is 0 Å². The maximum Gasteiger partial charge on any atom is 0.329 e. The highest BCUT2D eigenvalue weighted by Crippen LogP contribution is 2.25. The van der Waals surface area contributed by atoms with Crippen LogP contribution in [0.5, 0.6) is 0 Å². The molecule has 0 atom stereocenters. The Kier molecular flexibility index (Phi) is 2.56. The van der Waals surface area contributed by atoms with E-state index in [4.69, 9.17) is 0 Å². The van der Waals surface area contributed by atoms with Crippen molar-refractivity contribution in [3.63, 3.8) is 0 Å². The highest BCUT2D eigenvalue weighted by Gasteiger charge is 2.31. The summed E-state index contributed by atoms with van der Waals surface area (Å²) in [5.41, 5.74) is 0. The van der Waals surface area contributed by atoms with E-state index in [9.17, 15) is 13.3 Å². The van der Waals surface area contributed by atoms with Gasteiger partial charge in [-0.1, -0.05) is 32.9 Å². The van der Waals surface area contributed by atoms with Gasteiger partial charge in [-0.15, -0.1) is 0 Å². The molecule has 8 heavy (non-hydrogen) atoms. The van der Waals surface area contributed by atoms with Gasteiger partial charge in [0.15, 0.2) is 0 Å². The number of halogens is 5. The summed E-state index contributed by atoms with van der Waals surface area (Å²) in [5.74, 6) is -2.10. The van der Waals surface area contributed by atoms with E-state index in [1.165, 1.54) is 5.21 Å². The van der Waals surface area contributed by atoms with Crippen molar-refractivity contribution in [2.24, 2.45) is 5.21 Å². The lowest BCUT2D eigenvalue weighted by Gasteiger charge is -1.99. The number of rotatable bonds is 1. The van der Waals surface area contributed by atoms with Crippen LogP contribution in [0.15, 0.2) is 5.21 Å². The fraction of sp³-hybridized carbons (Fsp3) is 0.500. The molecular weight excluding hydrogens is 166 g/mol. The molecule has 0 rings (SSSR count). The Hall–Kier alpha value is 0.0400. The first-order valence-electron chi connectivity index (χ1n) is 1.40. The minimum absolute atomic E-state index is 1.27. The van der Waals surface area contributed by atoms with E-state index in [0.29, 0.717) is 0 Å². The lowest BCUT2D eigenvalue weighted by Crippen LogP contribution is -2.13. The van der Waals surface area contributed by atoms with Gasteiger partial charge in [0.25, 0.3) is 5.97 Å². The van der Waals surface area contributed by atoms with Crippen LogP contribution in [0.1, 0.15) is 0 Å². The Morgan fingerprint density at radius 2 is 1.88 bits per heavy atom. The highest BCUT2D eigenvalue weighted by molar-refractivity contribution is 6.56. The number of hydrogen-bond donors (Lipinski definition) is 0. The predicted octanol–water partition coefficient (Wildman–Crippen LogP) is 2.34. The van der Waals surface area contributed by atoms with E-state index in [-0.39, 0.29) is 0 Å².